The molecule has 0 aromatic rings. The van der Waals surface area contributed by atoms with Crippen LogP contribution in [0.5, 0.6) is 0 Å². The third kappa shape index (κ3) is 14.9. The molecule has 0 saturated heterocycles. The Morgan fingerprint density at radius 1 is 0.818 bits per heavy atom. The van der Waals surface area contributed by atoms with Crippen molar-refractivity contribution in [3.8, 4) is 0 Å². The Kier molecular flexibility index (Phi) is 19.1. The van der Waals surface area contributed by atoms with Crippen LogP contribution in [0.25, 0.3) is 0 Å². The minimum atomic E-state index is 0.890. The molecule has 1 fully saturated rings. The molecule has 0 aromatic heterocycles. The second-order valence-corrected chi connectivity index (χ2v) is 7.50. The fourth-order valence-corrected chi connectivity index (χ4v) is 3.60. The summed E-state index contributed by atoms with van der Waals surface area (Å²) in [6.07, 6.45) is 14.8. The molecule has 0 spiro atoms. The van der Waals surface area contributed by atoms with E-state index in [-0.39, 0.29) is 0 Å². The van der Waals surface area contributed by atoms with Crippen LogP contribution in [0.15, 0.2) is 0 Å². The van der Waals surface area contributed by atoms with Gasteiger partial charge in [0, 0.05) is 0 Å². The van der Waals surface area contributed by atoms with Gasteiger partial charge in [-0.3, -0.25) is 0 Å². The molecule has 1 aliphatic rings. The third-order valence-electron chi connectivity index (χ3n) is 4.83. The summed E-state index contributed by atoms with van der Waals surface area (Å²) in [7, 11) is 0. The van der Waals surface area contributed by atoms with Crippen LogP contribution in [0, 0.1) is 23.7 Å². The topological polar surface area (TPSA) is 0 Å². The zero-order valence-corrected chi connectivity index (χ0v) is 17.4. The van der Waals surface area contributed by atoms with Gasteiger partial charge in [0.15, 0.2) is 0 Å². The number of hydrogen-bond donors (Lipinski definition) is 0. The lowest BCUT2D eigenvalue weighted by atomic mass is 9.79. The largest absolute Gasteiger partial charge is 0.0683 e. The van der Waals surface area contributed by atoms with Crippen molar-refractivity contribution in [2.75, 3.05) is 0 Å². The van der Waals surface area contributed by atoms with Crippen LogP contribution in [0.4, 0.5) is 0 Å². The van der Waals surface area contributed by atoms with E-state index in [1.165, 1.54) is 64.2 Å². The first-order valence-corrected chi connectivity index (χ1v) is 10.6. The normalized spacial score (nSPS) is 22.2. The molecular formula is C22H48. The zero-order valence-electron chi connectivity index (χ0n) is 17.4. The van der Waals surface area contributed by atoms with E-state index in [4.69, 9.17) is 0 Å². The molecule has 0 amide bonds. The fourth-order valence-electron chi connectivity index (χ4n) is 3.60. The van der Waals surface area contributed by atoms with Gasteiger partial charge in [-0.1, -0.05) is 113 Å². The lowest BCUT2D eigenvalue weighted by Crippen LogP contribution is -2.13. The Morgan fingerprint density at radius 2 is 1.41 bits per heavy atom. The van der Waals surface area contributed by atoms with E-state index in [1.807, 2.05) is 27.7 Å². The van der Waals surface area contributed by atoms with Crippen molar-refractivity contribution in [1.29, 1.82) is 0 Å². The molecule has 0 nitrogen and oxygen atoms in total. The van der Waals surface area contributed by atoms with Gasteiger partial charge in [-0.05, 0) is 30.1 Å². The van der Waals surface area contributed by atoms with E-state index in [2.05, 4.69) is 27.7 Å². The van der Waals surface area contributed by atoms with Gasteiger partial charge in [0.2, 0.25) is 0 Å². The minimum Gasteiger partial charge on any atom is -0.0683 e. The fraction of sp³-hybridized carbons (Fsp3) is 1.00. The van der Waals surface area contributed by atoms with Crippen LogP contribution < -0.4 is 0 Å². The highest BCUT2D eigenvalue weighted by molar-refractivity contribution is 4.70. The molecule has 1 aliphatic carbocycles. The molecular weight excluding hydrogens is 264 g/mol. The van der Waals surface area contributed by atoms with Crippen LogP contribution in [-0.4, -0.2) is 0 Å². The van der Waals surface area contributed by atoms with Gasteiger partial charge in [0.25, 0.3) is 0 Å². The lowest BCUT2D eigenvalue weighted by molar-refractivity contribution is 0.259. The predicted molar refractivity (Wildman–Crippen MR) is 106 cm³/mol. The predicted octanol–water partition coefficient (Wildman–Crippen LogP) is 8.50. The van der Waals surface area contributed by atoms with Crippen LogP contribution in [0.1, 0.15) is 120 Å². The maximum Gasteiger partial charge on any atom is -0.0412 e. The molecule has 0 aliphatic heterocycles. The number of hydrogen-bond acceptors (Lipinski definition) is 0. The van der Waals surface area contributed by atoms with E-state index in [9.17, 15) is 0 Å². The van der Waals surface area contributed by atoms with Crippen LogP contribution in [-0.2, 0) is 0 Å². The highest BCUT2D eigenvalue weighted by atomic mass is 14.2. The molecule has 136 valence electrons. The standard InChI is InChI=1S/C18H36.2C2H6/c1-15(2)8-5-9-16(3)10-6-12-18-13-7-11-17(4)14-18;2*1-2/h15-18H,5-14H2,1-4H3;2*1-2H3. The van der Waals surface area contributed by atoms with Crippen LogP contribution in [0.3, 0.4) is 0 Å². The second-order valence-electron chi connectivity index (χ2n) is 7.50. The van der Waals surface area contributed by atoms with E-state index < -0.39 is 0 Å². The van der Waals surface area contributed by atoms with Gasteiger partial charge in [0.05, 0.1) is 0 Å². The van der Waals surface area contributed by atoms with Crippen molar-refractivity contribution in [3.05, 3.63) is 0 Å². The SMILES string of the molecule is CC.CC.CC(C)CCCC(C)CCCC1CCCC(C)C1. The first-order chi connectivity index (χ1) is 10.6. The number of rotatable bonds is 8. The first-order valence-electron chi connectivity index (χ1n) is 10.6. The Morgan fingerprint density at radius 3 is 1.95 bits per heavy atom. The van der Waals surface area contributed by atoms with Crippen molar-refractivity contribution < 1.29 is 0 Å². The Bertz CT molecular complexity index is 194. The molecule has 0 bridgehead atoms. The summed E-state index contributed by atoms with van der Waals surface area (Å²) in [5.41, 5.74) is 0. The molecule has 0 N–H and O–H groups in total. The quantitative estimate of drug-likeness (QED) is 0.421. The van der Waals surface area contributed by atoms with Gasteiger partial charge in [-0.2, -0.15) is 0 Å². The molecule has 1 saturated carbocycles. The summed E-state index contributed by atoms with van der Waals surface area (Å²) in [6.45, 7) is 17.6. The van der Waals surface area contributed by atoms with Crippen molar-refractivity contribution >= 4 is 0 Å². The van der Waals surface area contributed by atoms with Crippen molar-refractivity contribution in [1.82, 2.24) is 0 Å². The van der Waals surface area contributed by atoms with Gasteiger partial charge in [-0.25, -0.2) is 0 Å². The smallest absolute Gasteiger partial charge is 0.0412 e. The monoisotopic (exact) mass is 312 g/mol. The van der Waals surface area contributed by atoms with E-state index in [1.54, 1.807) is 0 Å². The van der Waals surface area contributed by atoms with E-state index in [0.717, 1.165) is 23.7 Å². The highest BCUT2D eigenvalue weighted by Crippen LogP contribution is 2.32. The van der Waals surface area contributed by atoms with Crippen molar-refractivity contribution in [3.63, 3.8) is 0 Å². The van der Waals surface area contributed by atoms with E-state index >= 15 is 0 Å². The van der Waals surface area contributed by atoms with E-state index in [0.29, 0.717) is 0 Å². The summed E-state index contributed by atoms with van der Waals surface area (Å²) < 4.78 is 0. The Balaban J connectivity index is 0. The van der Waals surface area contributed by atoms with Crippen molar-refractivity contribution in [2.45, 2.75) is 120 Å². The average molecular weight is 313 g/mol. The lowest BCUT2D eigenvalue weighted by Gasteiger charge is -2.27. The molecule has 22 heavy (non-hydrogen) atoms. The highest BCUT2D eigenvalue weighted by Gasteiger charge is 2.18. The molecule has 3 atom stereocenters. The van der Waals surface area contributed by atoms with Gasteiger partial charge in [-0.15, -0.1) is 0 Å². The summed E-state index contributed by atoms with van der Waals surface area (Å²) in [5.74, 6) is 3.93. The molecule has 3 unspecified atom stereocenters. The van der Waals surface area contributed by atoms with Gasteiger partial charge < -0.3 is 0 Å². The van der Waals surface area contributed by atoms with Gasteiger partial charge in [0.1, 0.15) is 0 Å². The first kappa shape index (κ1) is 24.3. The molecule has 1 rings (SSSR count). The molecule has 0 aromatic carbocycles. The van der Waals surface area contributed by atoms with Crippen LogP contribution >= 0.6 is 0 Å². The molecule has 0 radical (unpaired) electrons. The molecule has 0 heterocycles. The Labute approximate surface area is 143 Å². The summed E-state index contributed by atoms with van der Waals surface area (Å²) >= 11 is 0. The Hall–Kier alpha value is 0. The zero-order chi connectivity index (χ0) is 17.4. The average Bonchev–Trinajstić information content (AvgIpc) is 2.51. The molecule has 0 heteroatoms. The minimum absolute atomic E-state index is 0.890. The summed E-state index contributed by atoms with van der Waals surface area (Å²) in [4.78, 5) is 0. The van der Waals surface area contributed by atoms with Crippen molar-refractivity contribution in [2.24, 2.45) is 23.7 Å². The summed E-state index contributed by atoms with van der Waals surface area (Å²) in [5, 5.41) is 0. The maximum atomic E-state index is 2.46. The summed E-state index contributed by atoms with van der Waals surface area (Å²) in [6, 6.07) is 0. The second kappa shape index (κ2) is 17.4. The van der Waals surface area contributed by atoms with Crippen LogP contribution in [0.2, 0.25) is 0 Å². The maximum absolute atomic E-state index is 2.46. The third-order valence-corrected chi connectivity index (χ3v) is 4.83. The van der Waals surface area contributed by atoms with Gasteiger partial charge >= 0.3 is 0 Å².